The van der Waals surface area contributed by atoms with Gasteiger partial charge in [0.25, 0.3) is 0 Å². The number of aliphatic hydroxyl groups is 1. The van der Waals surface area contributed by atoms with Crippen LogP contribution < -0.4 is 9.47 Å². The summed E-state index contributed by atoms with van der Waals surface area (Å²) in [6.45, 7) is 6.76. The van der Waals surface area contributed by atoms with E-state index in [4.69, 9.17) is 9.47 Å². The number of carbonyl (C=O) groups excluding carboxylic acids is 1. The first-order chi connectivity index (χ1) is 16.1. The first-order valence-corrected chi connectivity index (χ1v) is 11.6. The highest BCUT2D eigenvalue weighted by atomic mass is 19.1. The van der Waals surface area contributed by atoms with Crippen LogP contribution in [0, 0.1) is 12.7 Å². The fraction of sp³-hybridized carbons (Fsp3) is 0.500. The fourth-order valence-electron chi connectivity index (χ4n) is 3.96. The molecule has 0 aliphatic carbocycles. The van der Waals surface area contributed by atoms with Crippen molar-refractivity contribution >= 4 is 5.91 Å². The maximum Gasteiger partial charge on any atom is 0.219 e. The minimum absolute atomic E-state index is 0.0521. The third-order valence-electron chi connectivity index (χ3n) is 5.90. The molecule has 1 N–H and O–H groups in total. The lowest BCUT2D eigenvalue weighted by Crippen LogP contribution is -2.51. The van der Waals surface area contributed by atoms with Crippen molar-refractivity contribution in [1.29, 1.82) is 0 Å². The Morgan fingerprint density at radius 2 is 1.88 bits per heavy atom. The Morgan fingerprint density at radius 1 is 1.12 bits per heavy atom. The first-order valence-electron chi connectivity index (χ1n) is 11.6. The maximum absolute atomic E-state index is 13.9. The van der Waals surface area contributed by atoms with E-state index in [0.717, 1.165) is 17.9 Å². The molecule has 8 heteroatoms. The normalized spacial score (nSPS) is 19.2. The van der Waals surface area contributed by atoms with Gasteiger partial charge in [-0.1, -0.05) is 18.2 Å². The molecule has 1 atom stereocenters. The molecule has 0 radical (unpaired) electrons. The lowest BCUT2D eigenvalue weighted by Gasteiger charge is -2.32. The molecule has 1 fully saturated rings. The topological polar surface area (TPSA) is 65.5 Å². The van der Waals surface area contributed by atoms with Crippen LogP contribution in [0.1, 0.15) is 18.1 Å². The summed E-state index contributed by atoms with van der Waals surface area (Å²) in [4.78, 5) is 18.0. The molecule has 3 rings (SSSR count). The highest BCUT2D eigenvalue weighted by Gasteiger charge is 2.37. The van der Waals surface area contributed by atoms with Gasteiger partial charge in [0.1, 0.15) is 36.1 Å². The largest absolute Gasteiger partial charge is 0.492 e. The summed E-state index contributed by atoms with van der Waals surface area (Å²) in [5.41, 5.74) is 0.286. The second-order valence-corrected chi connectivity index (χ2v) is 9.37. The van der Waals surface area contributed by atoms with Gasteiger partial charge in [-0.15, -0.1) is 0 Å². The van der Waals surface area contributed by atoms with Gasteiger partial charge in [-0.25, -0.2) is 4.39 Å². The maximum atomic E-state index is 13.9. The van der Waals surface area contributed by atoms with E-state index in [-0.39, 0.29) is 24.9 Å². The molecule has 0 saturated carbocycles. The molecule has 2 aromatic carbocycles. The third kappa shape index (κ3) is 7.68. The number of carbonyl (C=O) groups is 1. The molecule has 0 spiro atoms. The van der Waals surface area contributed by atoms with Crippen LogP contribution in [0.25, 0.3) is 0 Å². The molecule has 1 aliphatic heterocycles. The molecule has 1 amide bonds. The van der Waals surface area contributed by atoms with Gasteiger partial charge in [-0.05, 0) is 50.3 Å². The van der Waals surface area contributed by atoms with Crippen LogP contribution in [-0.4, -0.2) is 91.3 Å². The Bertz CT molecular complexity index is 971. The van der Waals surface area contributed by atoms with Crippen LogP contribution >= 0.6 is 0 Å². The van der Waals surface area contributed by atoms with Crippen molar-refractivity contribution in [2.75, 3.05) is 60.0 Å². The van der Waals surface area contributed by atoms with Gasteiger partial charge in [0.05, 0.1) is 6.54 Å². The molecule has 0 aromatic heterocycles. The predicted octanol–water partition coefficient (Wildman–Crippen LogP) is 2.55. The minimum Gasteiger partial charge on any atom is -0.492 e. The summed E-state index contributed by atoms with van der Waals surface area (Å²) < 4.78 is 25.5. The van der Waals surface area contributed by atoms with E-state index >= 15 is 0 Å². The number of β-amino-alcohol motifs (C(OH)–C–C–N with tert-alkyl or cyclic N) is 1. The zero-order chi connectivity index (χ0) is 24.7. The summed E-state index contributed by atoms with van der Waals surface area (Å²) in [5, 5.41) is 11.4. The lowest BCUT2D eigenvalue weighted by molar-refractivity contribution is -0.132. The summed E-state index contributed by atoms with van der Waals surface area (Å²) >= 11 is 0. The van der Waals surface area contributed by atoms with E-state index in [1.165, 1.54) is 13.0 Å². The molecular formula is C26H36FN3O4. The van der Waals surface area contributed by atoms with Crippen molar-refractivity contribution < 1.29 is 23.8 Å². The molecule has 1 heterocycles. The van der Waals surface area contributed by atoms with Crippen molar-refractivity contribution in [2.45, 2.75) is 26.0 Å². The second-order valence-electron chi connectivity index (χ2n) is 9.37. The Morgan fingerprint density at radius 3 is 2.59 bits per heavy atom. The Balaban J connectivity index is 1.69. The third-order valence-corrected chi connectivity index (χ3v) is 5.90. The molecule has 186 valence electrons. The number of hydrogen-bond acceptors (Lipinski definition) is 6. The van der Waals surface area contributed by atoms with Crippen molar-refractivity contribution in [3.63, 3.8) is 0 Å². The number of nitrogens with zero attached hydrogens (tertiary/aromatic N) is 3. The van der Waals surface area contributed by atoms with Crippen LogP contribution in [-0.2, 0) is 11.3 Å². The second kappa shape index (κ2) is 11.6. The average Bonchev–Trinajstić information content (AvgIpc) is 2.94. The minimum atomic E-state index is -1.30. The quantitative estimate of drug-likeness (QED) is 0.604. The number of halogens is 1. The number of likely N-dealkylation sites (N-methyl/N-ethyl adjacent to an activating group) is 1. The summed E-state index contributed by atoms with van der Waals surface area (Å²) in [6, 6.07) is 12.6. The highest BCUT2D eigenvalue weighted by Crippen LogP contribution is 2.22. The van der Waals surface area contributed by atoms with E-state index in [9.17, 15) is 14.3 Å². The first kappa shape index (κ1) is 25.9. The smallest absolute Gasteiger partial charge is 0.219 e. The zero-order valence-corrected chi connectivity index (χ0v) is 20.6. The van der Waals surface area contributed by atoms with Crippen LogP contribution in [0.15, 0.2) is 42.5 Å². The van der Waals surface area contributed by atoms with Crippen molar-refractivity contribution in [3.8, 4) is 11.5 Å². The molecule has 0 unspecified atom stereocenters. The summed E-state index contributed by atoms with van der Waals surface area (Å²) in [6.07, 6.45) is 0. The molecule has 0 bridgehead atoms. The number of hydrogen-bond donors (Lipinski definition) is 1. The number of rotatable bonds is 9. The van der Waals surface area contributed by atoms with Crippen LogP contribution in [0.4, 0.5) is 4.39 Å². The highest BCUT2D eigenvalue weighted by molar-refractivity contribution is 5.73. The van der Waals surface area contributed by atoms with E-state index in [1.807, 2.05) is 38.4 Å². The molecule has 34 heavy (non-hydrogen) atoms. The molecule has 7 nitrogen and oxygen atoms in total. The van der Waals surface area contributed by atoms with Crippen LogP contribution in [0.2, 0.25) is 0 Å². The van der Waals surface area contributed by atoms with Crippen molar-refractivity contribution in [2.24, 2.45) is 0 Å². The summed E-state index contributed by atoms with van der Waals surface area (Å²) in [7, 11) is 4.01. The van der Waals surface area contributed by atoms with Crippen LogP contribution in [0.3, 0.4) is 0 Å². The fourth-order valence-corrected chi connectivity index (χ4v) is 3.96. The van der Waals surface area contributed by atoms with E-state index < -0.39 is 5.60 Å². The van der Waals surface area contributed by atoms with Crippen molar-refractivity contribution in [1.82, 2.24) is 14.7 Å². The van der Waals surface area contributed by atoms with Gasteiger partial charge in [-0.3, -0.25) is 9.69 Å². The van der Waals surface area contributed by atoms with Gasteiger partial charge in [0.2, 0.25) is 5.91 Å². The average molecular weight is 474 g/mol. The number of amides is 1. The van der Waals surface area contributed by atoms with Gasteiger partial charge >= 0.3 is 0 Å². The Hall–Kier alpha value is -2.68. The summed E-state index contributed by atoms with van der Waals surface area (Å²) in [5.74, 6) is 0.701. The zero-order valence-electron chi connectivity index (χ0n) is 20.6. The molecule has 1 saturated heterocycles. The molecule has 2 aromatic rings. The number of aryl methyl sites for hydroxylation is 1. The van der Waals surface area contributed by atoms with E-state index in [0.29, 0.717) is 44.1 Å². The predicted molar refractivity (Wildman–Crippen MR) is 130 cm³/mol. The van der Waals surface area contributed by atoms with Crippen molar-refractivity contribution in [3.05, 3.63) is 59.4 Å². The lowest BCUT2D eigenvalue weighted by atomic mass is 10.0. The SMILES string of the molecule is CC(=O)N1CCN(Cc2cccc(OCCN(C)C)c2)C[C@](O)(COc2ccc(C)c(F)c2)C1. The molecular weight excluding hydrogens is 437 g/mol. The van der Waals surface area contributed by atoms with Gasteiger partial charge in [0, 0.05) is 45.7 Å². The number of ether oxygens (including phenoxy) is 2. The van der Waals surface area contributed by atoms with Gasteiger partial charge in [0.15, 0.2) is 0 Å². The van der Waals surface area contributed by atoms with Gasteiger partial charge < -0.3 is 24.4 Å². The van der Waals surface area contributed by atoms with E-state index in [2.05, 4.69) is 9.80 Å². The standard InChI is InChI=1S/C26H36FN3O4/c1-20-8-9-24(15-25(20)27)34-19-26(32)17-29(10-11-30(18-26)21(2)31)16-22-6-5-7-23(14-22)33-13-12-28(3)4/h5-9,14-15,32H,10-13,16-19H2,1-4H3/t26-/m1/s1. The molecule has 1 aliphatic rings. The number of benzene rings is 2. The van der Waals surface area contributed by atoms with Gasteiger partial charge in [-0.2, -0.15) is 0 Å². The monoisotopic (exact) mass is 473 g/mol. The Kier molecular flexibility index (Phi) is 8.88. The van der Waals surface area contributed by atoms with Crippen LogP contribution in [0.5, 0.6) is 11.5 Å². The Labute approximate surface area is 201 Å². The van der Waals surface area contributed by atoms with E-state index in [1.54, 1.807) is 24.0 Å².